The van der Waals surface area contributed by atoms with Crippen LogP contribution in [0, 0.1) is 34.0 Å². The molecule has 4 aliphatic carbocycles. The van der Waals surface area contributed by atoms with E-state index in [1.165, 1.54) is 11.3 Å². The Morgan fingerprint density at radius 3 is 2.55 bits per heavy atom. The maximum absolute atomic E-state index is 14.0. The number of aliphatic hydroxyl groups is 2. The summed E-state index contributed by atoms with van der Waals surface area (Å²) >= 11 is 0. The number of benzene rings is 2. The molecule has 290 valence electrons. The van der Waals surface area contributed by atoms with Crippen molar-refractivity contribution in [2.24, 2.45) is 34.0 Å². The van der Waals surface area contributed by atoms with E-state index in [1.54, 1.807) is 4.68 Å². The SMILES string of the molecule is C=C1C(=O)[C@]23[C@H](O)[C@H]1C[C@H](O)[C@H]2[C@]12CCCC(C)(C)[C@H]1C[C@H]3O[C@H]2OCCc1cn(CCN2C(=O)c3cccc4c(N5CCCCC5)ccc(c34)C2=O)nn1. The maximum Gasteiger partial charge on any atom is 0.261 e. The molecular weight excluding hydrogens is 699 g/mol. The van der Waals surface area contributed by atoms with E-state index in [4.69, 9.17) is 9.47 Å². The molecule has 0 unspecified atom stereocenters. The molecule has 55 heavy (non-hydrogen) atoms. The van der Waals surface area contributed by atoms with Gasteiger partial charge in [-0.05, 0) is 80.1 Å². The minimum absolute atomic E-state index is 0.0475. The molecule has 4 bridgehead atoms. The molecule has 5 heterocycles. The molecule has 8 aliphatic rings. The third-order valence-electron chi connectivity index (χ3n) is 15.1. The van der Waals surface area contributed by atoms with Gasteiger partial charge in [-0.3, -0.25) is 24.0 Å². The van der Waals surface area contributed by atoms with Crippen LogP contribution in [0.4, 0.5) is 5.69 Å². The highest BCUT2D eigenvalue weighted by atomic mass is 16.7. The molecule has 12 nitrogen and oxygen atoms in total. The molecular formula is C43H51N5O7. The van der Waals surface area contributed by atoms with Crippen molar-refractivity contribution in [2.75, 3.05) is 31.1 Å². The molecule has 2 aromatic carbocycles. The molecule has 1 aromatic heterocycles. The number of piperidine rings is 1. The predicted molar refractivity (Wildman–Crippen MR) is 202 cm³/mol. The van der Waals surface area contributed by atoms with Crippen molar-refractivity contribution in [1.82, 2.24) is 19.9 Å². The number of imide groups is 1. The van der Waals surface area contributed by atoms with Gasteiger partial charge < -0.3 is 24.6 Å². The third kappa shape index (κ3) is 4.80. The number of rotatable bonds is 8. The van der Waals surface area contributed by atoms with Crippen LogP contribution < -0.4 is 4.90 Å². The largest absolute Gasteiger partial charge is 0.393 e. The first-order valence-electron chi connectivity index (χ1n) is 20.4. The second kappa shape index (κ2) is 12.5. The first-order chi connectivity index (χ1) is 26.5. The average molecular weight is 750 g/mol. The van der Waals surface area contributed by atoms with Crippen LogP contribution in [0.2, 0.25) is 0 Å². The van der Waals surface area contributed by atoms with Crippen molar-refractivity contribution in [2.45, 2.75) is 103 Å². The first-order valence-corrected chi connectivity index (χ1v) is 20.4. The fourth-order valence-electron chi connectivity index (χ4n) is 12.8. The van der Waals surface area contributed by atoms with Crippen LogP contribution in [-0.4, -0.2) is 98.5 Å². The summed E-state index contributed by atoms with van der Waals surface area (Å²) in [5, 5.41) is 33.9. The summed E-state index contributed by atoms with van der Waals surface area (Å²) < 4.78 is 15.1. The number of carbonyl (C=O) groups excluding carboxylic acids is 3. The number of ketones is 1. The van der Waals surface area contributed by atoms with E-state index in [-0.39, 0.29) is 42.1 Å². The van der Waals surface area contributed by atoms with E-state index >= 15 is 0 Å². The topological polar surface area (TPSA) is 147 Å². The zero-order chi connectivity index (χ0) is 38.0. The standard InChI is InChI=1S/C43H51N5O7/c1-24-29-21-31(49)35-42-15-8-14-41(2,3)32(42)22-33(43(35,36(24)50)37(29)51)55-40(42)54-20-13-25-23-47(45-44-25)18-19-48-38(52)27-10-7-9-26-30(46-16-5-4-6-17-46)12-11-28(34(26)27)39(48)53/h7,9-12,23,29,31-33,35,37,40,49,51H,1,4-6,8,13-22H2,2-3H3/t29-,31-,32+,33+,35-,37+,40+,42-,43+/m0/s1. The van der Waals surface area contributed by atoms with Crippen molar-refractivity contribution in [3.05, 3.63) is 65.5 Å². The highest BCUT2D eigenvalue weighted by molar-refractivity contribution is 6.26. The Morgan fingerprint density at radius 2 is 1.75 bits per heavy atom. The molecule has 2 N–H and O–H groups in total. The number of carbonyl (C=O) groups is 3. The summed E-state index contributed by atoms with van der Waals surface area (Å²) in [7, 11) is 0. The lowest BCUT2D eigenvalue weighted by Gasteiger charge is -2.72. The molecule has 4 aliphatic heterocycles. The number of hydrogen-bond donors (Lipinski definition) is 2. The number of aliphatic hydroxyl groups excluding tert-OH is 2. The Labute approximate surface area is 320 Å². The second-order valence-electron chi connectivity index (χ2n) is 18.1. The summed E-state index contributed by atoms with van der Waals surface area (Å²) in [5.41, 5.74) is 1.44. The van der Waals surface area contributed by atoms with Crippen molar-refractivity contribution in [1.29, 1.82) is 0 Å². The molecule has 4 saturated carbocycles. The summed E-state index contributed by atoms with van der Waals surface area (Å²) in [6, 6.07) is 9.64. The number of hydrogen-bond acceptors (Lipinski definition) is 10. The minimum Gasteiger partial charge on any atom is -0.393 e. The lowest BCUT2D eigenvalue weighted by atomic mass is 9.37. The van der Waals surface area contributed by atoms with Crippen molar-refractivity contribution >= 4 is 34.1 Å². The van der Waals surface area contributed by atoms with Gasteiger partial charge in [-0.1, -0.05) is 44.2 Å². The van der Waals surface area contributed by atoms with Gasteiger partial charge in [0.2, 0.25) is 0 Å². The zero-order valence-electron chi connectivity index (χ0n) is 31.8. The molecule has 7 fully saturated rings. The van der Waals surface area contributed by atoms with E-state index in [0.717, 1.165) is 61.7 Å². The van der Waals surface area contributed by atoms with Crippen LogP contribution in [0.15, 0.2) is 48.7 Å². The van der Waals surface area contributed by atoms with Crippen molar-refractivity contribution in [3.63, 3.8) is 0 Å². The highest BCUT2D eigenvalue weighted by Crippen LogP contribution is 2.75. The minimum atomic E-state index is -1.19. The van der Waals surface area contributed by atoms with Crippen LogP contribution in [-0.2, 0) is 27.2 Å². The van der Waals surface area contributed by atoms with Crippen LogP contribution >= 0.6 is 0 Å². The van der Waals surface area contributed by atoms with Gasteiger partial charge in [-0.25, -0.2) is 0 Å². The van der Waals surface area contributed by atoms with E-state index in [9.17, 15) is 24.6 Å². The molecule has 2 amide bonds. The van der Waals surface area contributed by atoms with Crippen LogP contribution in [0.3, 0.4) is 0 Å². The Morgan fingerprint density at radius 1 is 0.964 bits per heavy atom. The normalized spacial score (nSPS) is 36.1. The Balaban J connectivity index is 0.833. The van der Waals surface area contributed by atoms with Gasteiger partial charge in [0.25, 0.3) is 11.8 Å². The van der Waals surface area contributed by atoms with Gasteiger partial charge in [0.1, 0.15) is 0 Å². The van der Waals surface area contributed by atoms with Crippen LogP contribution in [0.1, 0.15) is 91.6 Å². The number of nitrogens with zero attached hydrogens (tertiary/aromatic N) is 5. The molecule has 9 atom stereocenters. The lowest BCUT2D eigenvalue weighted by molar-refractivity contribution is -0.401. The van der Waals surface area contributed by atoms with Crippen LogP contribution in [0.5, 0.6) is 0 Å². The number of aromatic nitrogens is 3. The van der Waals surface area contributed by atoms with Crippen LogP contribution in [0.25, 0.3) is 10.8 Å². The summed E-state index contributed by atoms with van der Waals surface area (Å²) in [5.74, 6) is -1.49. The van der Waals surface area contributed by atoms with Crippen molar-refractivity contribution < 1.29 is 34.1 Å². The van der Waals surface area contributed by atoms with Gasteiger partial charge in [-0.2, -0.15) is 0 Å². The van der Waals surface area contributed by atoms with Gasteiger partial charge in [0, 0.05) is 77.1 Å². The number of ether oxygens (including phenoxy) is 2. The van der Waals surface area contributed by atoms with Crippen molar-refractivity contribution in [3.8, 4) is 0 Å². The first kappa shape index (κ1) is 35.4. The molecule has 2 spiro atoms. The smallest absolute Gasteiger partial charge is 0.261 e. The second-order valence-corrected chi connectivity index (χ2v) is 18.1. The number of fused-ring (bicyclic) bond motifs is 2. The highest BCUT2D eigenvalue weighted by Gasteiger charge is 2.81. The quantitative estimate of drug-likeness (QED) is 0.246. The van der Waals surface area contributed by atoms with E-state index < -0.39 is 47.3 Å². The number of Topliss-reactive ketones (excluding diaryl/α,β-unsaturated/α-hetero) is 1. The monoisotopic (exact) mass is 749 g/mol. The average Bonchev–Trinajstić information content (AvgIpc) is 3.68. The summed E-state index contributed by atoms with van der Waals surface area (Å²) in [4.78, 5) is 45.3. The zero-order valence-corrected chi connectivity index (χ0v) is 31.8. The molecule has 3 saturated heterocycles. The summed E-state index contributed by atoms with van der Waals surface area (Å²) in [6.45, 7) is 11.3. The Hall–Kier alpha value is -3.97. The van der Waals surface area contributed by atoms with E-state index in [0.29, 0.717) is 48.2 Å². The fourth-order valence-corrected chi connectivity index (χ4v) is 12.8. The molecule has 11 rings (SSSR count). The molecule has 12 heteroatoms. The lowest BCUT2D eigenvalue weighted by Crippen LogP contribution is -2.78. The maximum atomic E-state index is 14.0. The summed E-state index contributed by atoms with van der Waals surface area (Å²) in [6.07, 6.45) is 6.57. The number of amides is 2. The predicted octanol–water partition coefficient (Wildman–Crippen LogP) is 4.70. The fraction of sp³-hybridized carbons (Fsp3) is 0.605. The molecule has 0 radical (unpaired) electrons. The van der Waals surface area contributed by atoms with E-state index in [1.807, 2.05) is 36.5 Å². The number of anilines is 1. The van der Waals surface area contributed by atoms with Gasteiger partial charge in [0.15, 0.2) is 12.1 Å². The van der Waals surface area contributed by atoms with Gasteiger partial charge in [0.05, 0.1) is 42.6 Å². The van der Waals surface area contributed by atoms with Gasteiger partial charge >= 0.3 is 0 Å². The Bertz CT molecular complexity index is 2100. The van der Waals surface area contributed by atoms with E-state index in [2.05, 4.69) is 35.6 Å². The van der Waals surface area contributed by atoms with Gasteiger partial charge in [-0.15, -0.1) is 5.10 Å². The third-order valence-corrected chi connectivity index (χ3v) is 15.1. The molecule has 3 aromatic rings. The Kier molecular flexibility index (Phi) is 8.07.